The monoisotopic (exact) mass is 420 g/mol. The Morgan fingerprint density at radius 3 is 2.93 bits per heavy atom. The highest BCUT2D eigenvalue weighted by Crippen LogP contribution is 2.33. The molecule has 1 aromatic carbocycles. The van der Waals surface area contributed by atoms with Crippen molar-refractivity contribution in [3.8, 4) is 5.75 Å². The normalized spacial score (nSPS) is 16.6. The van der Waals surface area contributed by atoms with Gasteiger partial charge in [0.2, 0.25) is 16.9 Å². The fraction of sp³-hybridized carbons (Fsp3) is 0.474. The molecule has 3 rings (SSSR count). The van der Waals surface area contributed by atoms with Crippen molar-refractivity contribution < 1.29 is 14.3 Å². The number of ether oxygens (including phenoxy) is 1. The average molecular weight is 421 g/mol. The minimum atomic E-state index is -0.432. The number of nitrogens with one attached hydrogen (secondary N) is 1. The number of amides is 2. The van der Waals surface area contributed by atoms with Gasteiger partial charge >= 0.3 is 0 Å². The van der Waals surface area contributed by atoms with E-state index in [0.29, 0.717) is 29.0 Å². The third-order valence-corrected chi connectivity index (χ3v) is 6.43. The molecule has 28 heavy (non-hydrogen) atoms. The zero-order valence-electron chi connectivity index (χ0n) is 16.2. The van der Waals surface area contributed by atoms with Gasteiger partial charge in [0, 0.05) is 18.7 Å². The van der Waals surface area contributed by atoms with Gasteiger partial charge in [-0.25, -0.2) is 0 Å². The summed E-state index contributed by atoms with van der Waals surface area (Å²) in [4.78, 5) is 26.7. The highest BCUT2D eigenvalue weighted by Gasteiger charge is 2.36. The van der Waals surface area contributed by atoms with Crippen LogP contribution >= 0.6 is 23.1 Å². The van der Waals surface area contributed by atoms with Gasteiger partial charge in [0.25, 0.3) is 0 Å². The molecule has 0 bridgehead atoms. The maximum Gasteiger partial charge on any atom is 0.231 e. The van der Waals surface area contributed by atoms with Crippen LogP contribution < -0.4 is 15.0 Å². The molecule has 2 heterocycles. The van der Waals surface area contributed by atoms with Gasteiger partial charge in [-0.2, -0.15) is 0 Å². The van der Waals surface area contributed by atoms with E-state index in [4.69, 9.17) is 4.74 Å². The molecule has 7 nitrogen and oxygen atoms in total. The molecule has 0 saturated carbocycles. The SMILES string of the molecule is COc1ccccc1N1C[C@@H](C(=O)Nc2nnc(SCCC(C)C)s2)CC1=O. The van der Waals surface area contributed by atoms with Crippen molar-refractivity contribution in [2.45, 2.75) is 31.0 Å². The van der Waals surface area contributed by atoms with Crippen molar-refractivity contribution in [1.82, 2.24) is 10.2 Å². The molecule has 0 unspecified atom stereocenters. The Bertz CT molecular complexity index is 840. The largest absolute Gasteiger partial charge is 0.495 e. The molecule has 1 aliphatic rings. The summed E-state index contributed by atoms with van der Waals surface area (Å²) >= 11 is 3.01. The minimum absolute atomic E-state index is 0.0909. The van der Waals surface area contributed by atoms with Crippen LogP contribution in [0, 0.1) is 11.8 Å². The minimum Gasteiger partial charge on any atom is -0.495 e. The first-order valence-corrected chi connectivity index (χ1v) is 11.0. The van der Waals surface area contributed by atoms with Gasteiger partial charge in [0.05, 0.1) is 18.7 Å². The first-order chi connectivity index (χ1) is 13.5. The number of rotatable bonds is 8. The highest BCUT2D eigenvalue weighted by atomic mass is 32.2. The van der Waals surface area contributed by atoms with Crippen molar-refractivity contribution in [1.29, 1.82) is 0 Å². The van der Waals surface area contributed by atoms with Crippen molar-refractivity contribution >= 4 is 45.7 Å². The second-order valence-corrected chi connectivity index (χ2v) is 9.29. The van der Waals surface area contributed by atoms with Crippen LogP contribution in [-0.4, -0.2) is 41.4 Å². The Balaban J connectivity index is 1.58. The lowest BCUT2D eigenvalue weighted by atomic mass is 10.1. The molecular formula is C19H24N4O3S2. The Morgan fingerprint density at radius 2 is 2.18 bits per heavy atom. The number of thioether (sulfide) groups is 1. The standard InChI is InChI=1S/C19H24N4O3S2/c1-12(2)8-9-27-19-22-21-18(28-19)20-17(25)13-10-16(24)23(11-13)14-6-4-5-7-15(14)26-3/h4-7,12-13H,8-11H2,1-3H3,(H,20,21,25)/t13-/m0/s1. The lowest BCUT2D eigenvalue weighted by molar-refractivity contribution is -0.122. The fourth-order valence-electron chi connectivity index (χ4n) is 2.88. The first kappa shape index (κ1) is 20.6. The molecule has 1 atom stereocenters. The predicted octanol–water partition coefficient (Wildman–Crippen LogP) is 3.68. The summed E-state index contributed by atoms with van der Waals surface area (Å²) in [6.45, 7) is 4.69. The zero-order valence-corrected chi connectivity index (χ0v) is 17.8. The third-order valence-electron chi connectivity index (χ3n) is 4.43. The van der Waals surface area contributed by atoms with E-state index in [0.717, 1.165) is 16.5 Å². The van der Waals surface area contributed by atoms with E-state index in [-0.39, 0.29) is 18.2 Å². The predicted molar refractivity (Wildman–Crippen MR) is 112 cm³/mol. The Hall–Kier alpha value is -2.13. The van der Waals surface area contributed by atoms with E-state index < -0.39 is 5.92 Å². The second kappa shape index (κ2) is 9.38. The molecule has 1 aliphatic heterocycles. The van der Waals surface area contributed by atoms with Crippen molar-refractivity contribution in [3.05, 3.63) is 24.3 Å². The molecule has 0 aliphatic carbocycles. The molecule has 0 spiro atoms. The molecule has 2 amide bonds. The fourth-order valence-corrected chi connectivity index (χ4v) is 4.94. The molecule has 1 N–H and O–H groups in total. The number of para-hydroxylation sites is 2. The third kappa shape index (κ3) is 5.02. The van der Waals surface area contributed by atoms with Gasteiger partial charge in [-0.1, -0.05) is 49.1 Å². The van der Waals surface area contributed by atoms with Crippen molar-refractivity contribution in [2.24, 2.45) is 11.8 Å². The van der Waals surface area contributed by atoms with Crippen LogP contribution in [0.25, 0.3) is 0 Å². The van der Waals surface area contributed by atoms with Crippen LogP contribution in [-0.2, 0) is 9.59 Å². The van der Waals surface area contributed by atoms with Gasteiger partial charge < -0.3 is 15.0 Å². The van der Waals surface area contributed by atoms with Crippen LogP contribution in [0.3, 0.4) is 0 Å². The molecule has 0 radical (unpaired) electrons. The van der Waals surface area contributed by atoms with E-state index in [1.807, 2.05) is 18.2 Å². The lowest BCUT2D eigenvalue weighted by Gasteiger charge is -2.19. The number of aromatic nitrogens is 2. The number of hydrogen-bond acceptors (Lipinski definition) is 7. The van der Waals surface area contributed by atoms with Gasteiger partial charge in [0.1, 0.15) is 5.75 Å². The summed E-state index contributed by atoms with van der Waals surface area (Å²) in [6.07, 6.45) is 1.27. The van der Waals surface area contributed by atoms with Gasteiger partial charge in [-0.15, -0.1) is 10.2 Å². The van der Waals surface area contributed by atoms with Crippen LogP contribution in [0.2, 0.25) is 0 Å². The topological polar surface area (TPSA) is 84.4 Å². The van der Waals surface area contributed by atoms with Crippen LogP contribution in [0.4, 0.5) is 10.8 Å². The lowest BCUT2D eigenvalue weighted by Crippen LogP contribution is -2.28. The summed E-state index contributed by atoms with van der Waals surface area (Å²) in [5.41, 5.74) is 0.685. The molecule has 1 fully saturated rings. The number of nitrogens with zero attached hydrogens (tertiary/aromatic N) is 3. The first-order valence-electron chi connectivity index (χ1n) is 9.18. The van der Waals surface area contributed by atoms with Gasteiger partial charge in [-0.3, -0.25) is 9.59 Å². The number of benzene rings is 1. The summed E-state index contributed by atoms with van der Waals surface area (Å²) in [5, 5.41) is 11.4. The summed E-state index contributed by atoms with van der Waals surface area (Å²) in [6, 6.07) is 7.32. The van der Waals surface area contributed by atoms with Crippen molar-refractivity contribution in [2.75, 3.05) is 29.6 Å². The number of carbonyl (C=O) groups excluding carboxylic acids is 2. The van der Waals surface area contributed by atoms with Crippen LogP contribution in [0.5, 0.6) is 5.75 Å². The molecule has 1 saturated heterocycles. The maximum atomic E-state index is 12.6. The molecule has 1 aromatic heterocycles. The van der Waals surface area contributed by atoms with E-state index in [9.17, 15) is 9.59 Å². The number of hydrogen-bond donors (Lipinski definition) is 1. The van der Waals surface area contributed by atoms with Gasteiger partial charge in [-0.05, 0) is 24.5 Å². The van der Waals surface area contributed by atoms with E-state index in [1.165, 1.54) is 11.3 Å². The number of anilines is 2. The second-order valence-electron chi connectivity index (χ2n) is 6.97. The van der Waals surface area contributed by atoms with Crippen LogP contribution in [0.15, 0.2) is 28.6 Å². The highest BCUT2D eigenvalue weighted by molar-refractivity contribution is 8.01. The van der Waals surface area contributed by atoms with E-state index in [2.05, 4.69) is 29.4 Å². The summed E-state index contributed by atoms with van der Waals surface area (Å²) in [5.74, 6) is 1.51. The average Bonchev–Trinajstić information content (AvgIpc) is 3.28. The quantitative estimate of drug-likeness (QED) is 0.518. The maximum absolute atomic E-state index is 12.6. The Labute approximate surface area is 172 Å². The smallest absolute Gasteiger partial charge is 0.231 e. The number of carbonyl (C=O) groups is 2. The Morgan fingerprint density at radius 1 is 1.39 bits per heavy atom. The zero-order chi connectivity index (χ0) is 20.1. The van der Waals surface area contributed by atoms with Crippen LogP contribution in [0.1, 0.15) is 26.7 Å². The van der Waals surface area contributed by atoms with Gasteiger partial charge in [0.15, 0.2) is 4.34 Å². The van der Waals surface area contributed by atoms with E-state index in [1.54, 1.807) is 29.8 Å². The Kier molecular flexibility index (Phi) is 6.90. The summed E-state index contributed by atoms with van der Waals surface area (Å²) < 4.78 is 6.18. The van der Waals surface area contributed by atoms with Crippen molar-refractivity contribution in [3.63, 3.8) is 0 Å². The number of methoxy groups -OCH3 is 1. The summed E-state index contributed by atoms with van der Waals surface area (Å²) in [7, 11) is 1.57. The van der Waals surface area contributed by atoms with E-state index >= 15 is 0 Å². The molecule has 150 valence electrons. The molecule has 2 aromatic rings. The molecular weight excluding hydrogens is 396 g/mol. The molecule has 9 heteroatoms.